The van der Waals surface area contributed by atoms with Crippen LogP contribution in [-0.2, 0) is 7.05 Å². The molecule has 1 amide bonds. The molecule has 0 aromatic carbocycles. The number of rotatable bonds is 2. The first-order valence-corrected chi connectivity index (χ1v) is 6.98. The van der Waals surface area contributed by atoms with E-state index < -0.39 is 5.91 Å². The van der Waals surface area contributed by atoms with Crippen LogP contribution in [0.1, 0.15) is 20.8 Å². The number of carbonyl (C=O) groups is 1. The molecular formula is C14H14N4OS. The molecule has 0 aliphatic carbocycles. The lowest BCUT2D eigenvalue weighted by Crippen LogP contribution is -2.09. The Kier molecular flexibility index (Phi) is 2.83. The van der Waals surface area contributed by atoms with Crippen molar-refractivity contribution in [1.29, 1.82) is 0 Å². The van der Waals surface area contributed by atoms with Crippen LogP contribution in [0.4, 0.5) is 0 Å². The van der Waals surface area contributed by atoms with Crippen LogP contribution in [-0.4, -0.2) is 20.7 Å². The third-order valence-electron chi connectivity index (χ3n) is 3.45. The Balaban J connectivity index is 2.45. The second kappa shape index (κ2) is 4.42. The van der Waals surface area contributed by atoms with Crippen molar-refractivity contribution in [2.75, 3.05) is 0 Å². The van der Waals surface area contributed by atoms with E-state index in [4.69, 9.17) is 5.73 Å². The molecule has 0 spiro atoms. The molecule has 3 aromatic rings. The van der Waals surface area contributed by atoms with Crippen LogP contribution >= 0.6 is 11.3 Å². The van der Waals surface area contributed by atoms with Crippen LogP contribution in [0, 0.1) is 13.8 Å². The maximum Gasteiger partial charge on any atom is 0.259 e. The maximum absolute atomic E-state index is 11.7. The van der Waals surface area contributed by atoms with Crippen molar-refractivity contribution in [3.05, 3.63) is 34.6 Å². The minimum absolute atomic E-state index is 0.427. The molecule has 3 rings (SSSR count). The monoisotopic (exact) mass is 286 g/mol. The van der Waals surface area contributed by atoms with Gasteiger partial charge in [-0.05, 0) is 25.0 Å². The quantitative estimate of drug-likeness (QED) is 0.786. The fourth-order valence-corrected chi connectivity index (χ4v) is 3.39. The number of thiophene rings is 1. The van der Waals surface area contributed by atoms with Gasteiger partial charge in [0.15, 0.2) is 0 Å². The predicted molar refractivity (Wildman–Crippen MR) is 79.8 cm³/mol. The first-order chi connectivity index (χ1) is 9.49. The van der Waals surface area contributed by atoms with Gasteiger partial charge in [0.1, 0.15) is 9.71 Å². The maximum atomic E-state index is 11.7. The van der Waals surface area contributed by atoms with Crippen molar-refractivity contribution in [3.63, 3.8) is 0 Å². The second-order valence-electron chi connectivity index (χ2n) is 4.82. The van der Waals surface area contributed by atoms with E-state index in [2.05, 4.69) is 10.1 Å². The van der Waals surface area contributed by atoms with Gasteiger partial charge in [-0.2, -0.15) is 5.10 Å². The highest BCUT2D eigenvalue weighted by Crippen LogP contribution is 2.39. The fraction of sp³-hybridized carbons (Fsp3) is 0.214. The molecule has 0 saturated carbocycles. The Labute approximate surface area is 120 Å². The average Bonchev–Trinajstić information content (AvgIpc) is 2.97. The molecule has 0 atom stereocenters. The molecule has 0 bridgehead atoms. The zero-order chi connectivity index (χ0) is 14.4. The Morgan fingerprint density at radius 3 is 2.70 bits per heavy atom. The molecule has 0 unspecified atom stereocenters. The van der Waals surface area contributed by atoms with E-state index >= 15 is 0 Å². The first kappa shape index (κ1) is 12.8. The predicted octanol–water partition coefficient (Wildman–Crippen LogP) is 2.41. The summed E-state index contributed by atoms with van der Waals surface area (Å²) >= 11 is 1.34. The second-order valence-corrected chi connectivity index (χ2v) is 5.82. The van der Waals surface area contributed by atoms with Crippen LogP contribution in [0.25, 0.3) is 21.3 Å². The standard InChI is InChI=1S/C14H14N4OS/c1-7-4-16-14-10(8(7)2)11(12(20-14)13(15)19)9-5-17-18(3)6-9/h4-6H,1-3H3,(H2,15,19). The molecule has 0 radical (unpaired) electrons. The van der Waals surface area contributed by atoms with Gasteiger partial charge in [-0.25, -0.2) is 4.98 Å². The average molecular weight is 286 g/mol. The summed E-state index contributed by atoms with van der Waals surface area (Å²) in [5.41, 5.74) is 9.48. The van der Waals surface area contributed by atoms with E-state index in [0.29, 0.717) is 4.88 Å². The number of fused-ring (bicyclic) bond motifs is 1. The molecule has 5 nitrogen and oxygen atoms in total. The molecule has 0 aliphatic rings. The topological polar surface area (TPSA) is 73.8 Å². The molecule has 3 aromatic heterocycles. The Hall–Kier alpha value is -2.21. The van der Waals surface area contributed by atoms with Crippen molar-refractivity contribution in [3.8, 4) is 11.1 Å². The van der Waals surface area contributed by atoms with E-state index in [1.54, 1.807) is 10.9 Å². The Morgan fingerprint density at radius 2 is 2.10 bits per heavy atom. The van der Waals surface area contributed by atoms with Crippen LogP contribution in [0.15, 0.2) is 18.6 Å². The molecule has 3 heterocycles. The summed E-state index contributed by atoms with van der Waals surface area (Å²) in [5, 5.41) is 5.18. The van der Waals surface area contributed by atoms with Crippen LogP contribution in [0.2, 0.25) is 0 Å². The summed E-state index contributed by atoms with van der Waals surface area (Å²) in [6.07, 6.45) is 5.46. The molecule has 6 heteroatoms. The van der Waals surface area contributed by atoms with Gasteiger partial charge in [0.2, 0.25) is 0 Å². The van der Waals surface area contributed by atoms with Crippen molar-refractivity contribution in [2.45, 2.75) is 13.8 Å². The van der Waals surface area contributed by atoms with Crippen molar-refractivity contribution in [1.82, 2.24) is 14.8 Å². The number of nitrogens with zero attached hydrogens (tertiary/aromatic N) is 3. The lowest BCUT2D eigenvalue weighted by Gasteiger charge is -2.04. The molecule has 20 heavy (non-hydrogen) atoms. The Morgan fingerprint density at radius 1 is 1.35 bits per heavy atom. The van der Waals surface area contributed by atoms with Crippen LogP contribution in [0.3, 0.4) is 0 Å². The number of aryl methyl sites for hydroxylation is 3. The van der Waals surface area contributed by atoms with Crippen LogP contribution < -0.4 is 5.73 Å². The summed E-state index contributed by atoms with van der Waals surface area (Å²) in [6, 6.07) is 0. The van der Waals surface area contributed by atoms with Gasteiger partial charge >= 0.3 is 0 Å². The van der Waals surface area contributed by atoms with E-state index in [0.717, 1.165) is 32.5 Å². The summed E-state index contributed by atoms with van der Waals surface area (Å²) in [4.78, 5) is 17.5. The molecule has 0 saturated heterocycles. The number of pyridine rings is 1. The number of hydrogen-bond acceptors (Lipinski definition) is 4. The summed E-state index contributed by atoms with van der Waals surface area (Å²) < 4.78 is 1.71. The molecular weight excluding hydrogens is 272 g/mol. The molecule has 0 fully saturated rings. The molecule has 0 aliphatic heterocycles. The SMILES string of the molecule is Cc1cnc2sc(C(N)=O)c(-c3cnn(C)c3)c2c1C. The number of primary amides is 1. The zero-order valence-electron chi connectivity index (χ0n) is 11.5. The molecule has 102 valence electrons. The zero-order valence-corrected chi connectivity index (χ0v) is 12.3. The largest absolute Gasteiger partial charge is 0.365 e. The number of carbonyl (C=O) groups excluding carboxylic acids is 1. The van der Waals surface area contributed by atoms with E-state index in [9.17, 15) is 4.79 Å². The lowest BCUT2D eigenvalue weighted by atomic mass is 10.0. The number of amides is 1. The minimum atomic E-state index is -0.427. The number of hydrogen-bond donors (Lipinski definition) is 1. The van der Waals surface area contributed by atoms with Gasteiger partial charge in [-0.15, -0.1) is 11.3 Å². The van der Waals surface area contributed by atoms with Crippen molar-refractivity contribution >= 4 is 27.5 Å². The van der Waals surface area contributed by atoms with Crippen molar-refractivity contribution < 1.29 is 4.79 Å². The number of aromatic nitrogens is 3. The highest BCUT2D eigenvalue weighted by molar-refractivity contribution is 7.21. The summed E-state index contributed by atoms with van der Waals surface area (Å²) in [7, 11) is 1.85. The van der Waals surface area contributed by atoms with Gasteiger partial charge in [-0.3, -0.25) is 9.48 Å². The summed E-state index contributed by atoms with van der Waals surface area (Å²) in [5.74, 6) is -0.427. The lowest BCUT2D eigenvalue weighted by molar-refractivity contribution is 0.100. The Bertz CT molecular complexity index is 831. The van der Waals surface area contributed by atoms with E-state index in [-0.39, 0.29) is 0 Å². The summed E-state index contributed by atoms with van der Waals surface area (Å²) in [6.45, 7) is 4.05. The van der Waals surface area contributed by atoms with Gasteiger partial charge < -0.3 is 5.73 Å². The normalized spacial score (nSPS) is 11.2. The third-order valence-corrected chi connectivity index (χ3v) is 4.56. The van der Waals surface area contributed by atoms with Crippen LogP contribution in [0.5, 0.6) is 0 Å². The minimum Gasteiger partial charge on any atom is -0.365 e. The van der Waals surface area contributed by atoms with Gasteiger partial charge in [0.05, 0.1) is 6.20 Å². The highest BCUT2D eigenvalue weighted by atomic mass is 32.1. The van der Waals surface area contributed by atoms with E-state index in [1.165, 1.54) is 11.3 Å². The van der Waals surface area contributed by atoms with Crippen molar-refractivity contribution in [2.24, 2.45) is 12.8 Å². The number of nitrogens with two attached hydrogens (primary N) is 1. The fourth-order valence-electron chi connectivity index (χ4n) is 2.31. The van der Waals surface area contributed by atoms with E-state index in [1.807, 2.05) is 33.3 Å². The van der Waals surface area contributed by atoms with Gasteiger partial charge in [-0.1, -0.05) is 0 Å². The third kappa shape index (κ3) is 1.80. The smallest absolute Gasteiger partial charge is 0.259 e. The first-order valence-electron chi connectivity index (χ1n) is 6.16. The highest BCUT2D eigenvalue weighted by Gasteiger charge is 2.21. The van der Waals surface area contributed by atoms with Gasteiger partial charge in [0.25, 0.3) is 5.91 Å². The molecule has 2 N–H and O–H groups in total. The van der Waals surface area contributed by atoms with Gasteiger partial charge in [0, 0.05) is 36.0 Å².